The molecule has 3 aromatic carbocycles. The minimum atomic E-state index is -5.28. The van der Waals surface area contributed by atoms with Gasteiger partial charge in [0, 0.05) is 15.5 Å². The number of aromatic nitrogens is 2. The highest BCUT2D eigenvalue weighted by molar-refractivity contribution is 7.22. The Morgan fingerprint density at radius 1 is 0.719 bits per heavy atom. The molecule has 0 saturated carbocycles. The summed E-state index contributed by atoms with van der Waals surface area (Å²) in [6.45, 7) is 0. The summed E-state index contributed by atoms with van der Waals surface area (Å²) < 4.78 is 99.9. The molecule has 0 fully saturated rings. The molecule has 0 aliphatic rings. The van der Waals surface area contributed by atoms with Crippen LogP contribution in [0.1, 0.15) is 11.3 Å². The summed E-state index contributed by atoms with van der Waals surface area (Å²) in [5, 5.41) is 4.04. The zero-order chi connectivity index (χ0) is 22.8. The molecule has 10 heteroatoms. The van der Waals surface area contributed by atoms with E-state index in [0.717, 1.165) is 28.2 Å². The van der Waals surface area contributed by atoms with Gasteiger partial charge >= 0.3 is 12.4 Å². The maximum absolute atomic E-state index is 15.6. The fourth-order valence-electron chi connectivity index (χ4n) is 3.82. The number of benzene rings is 3. The average molecular weight is 466 g/mol. The lowest BCUT2D eigenvalue weighted by Crippen LogP contribution is -2.16. The highest BCUT2D eigenvalue weighted by atomic mass is 32.1. The Morgan fingerprint density at radius 2 is 1.38 bits per heavy atom. The third-order valence-electron chi connectivity index (χ3n) is 5.09. The standard InChI is InChI=1S/C22H9F7N2S/c23-18-12-7-3-2-6-11(12)17(21(24,25)26)15-16(18)19(30-31-20(15)22(27,28)29)14-9-10-5-1-4-8-13(10)32-14/h1-9H. The van der Waals surface area contributed by atoms with Gasteiger partial charge < -0.3 is 0 Å². The van der Waals surface area contributed by atoms with Crippen LogP contribution in [0.4, 0.5) is 30.7 Å². The van der Waals surface area contributed by atoms with Crippen LogP contribution in [0.5, 0.6) is 0 Å². The van der Waals surface area contributed by atoms with E-state index in [9.17, 15) is 26.3 Å². The van der Waals surface area contributed by atoms with Gasteiger partial charge in [-0.2, -0.15) is 26.3 Å². The Bertz CT molecular complexity index is 1480. The molecule has 0 N–H and O–H groups in total. The molecule has 0 amide bonds. The van der Waals surface area contributed by atoms with E-state index in [0.29, 0.717) is 5.39 Å². The van der Waals surface area contributed by atoms with Gasteiger partial charge in [-0.15, -0.1) is 21.5 Å². The summed E-state index contributed by atoms with van der Waals surface area (Å²) >= 11 is 1.07. The van der Waals surface area contributed by atoms with E-state index < -0.39 is 51.0 Å². The predicted molar refractivity (Wildman–Crippen MR) is 108 cm³/mol. The first-order chi connectivity index (χ1) is 15.1. The summed E-state index contributed by atoms with van der Waals surface area (Å²) in [4.78, 5) is 0.208. The zero-order valence-electron chi connectivity index (χ0n) is 15.6. The highest BCUT2D eigenvalue weighted by Gasteiger charge is 2.44. The third-order valence-corrected chi connectivity index (χ3v) is 6.21. The number of hydrogen-bond acceptors (Lipinski definition) is 3. The van der Waals surface area contributed by atoms with Gasteiger partial charge in [0.2, 0.25) is 0 Å². The molecule has 5 rings (SSSR count). The first-order valence-corrected chi connectivity index (χ1v) is 9.93. The van der Waals surface area contributed by atoms with Crippen molar-refractivity contribution in [3.8, 4) is 10.6 Å². The van der Waals surface area contributed by atoms with Crippen molar-refractivity contribution in [3.63, 3.8) is 0 Å². The first kappa shape index (κ1) is 20.6. The number of rotatable bonds is 1. The van der Waals surface area contributed by atoms with Gasteiger partial charge in [0.25, 0.3) is 0 Å². The Balaban J connectivity index is 2.04. The summed E-state index contributed by atoms with van der Waals surface area (Å²) in [5.74, 6) is -1.21. The van der Waals surface area contributed by atoms with Crippen LogP contribution in [0.25, 0.3) is 42.2 Å². The van der Waals surface area contributed by atoms with E-state index in [1.807, 2.05) is 0 Å². The topological polar surface area (TPSA) is 25.8 Å². The third kappa shape index (κ3) is 3.09. The van der Waals surface area contributed by atoms with Crippen molar-refractivity contribution in [2.45, 2.75) is 12.4 Å². The molecule has 0 aliphatic carbocycles. The lowest BCUT2D eigenvalue weighted by molar-refractivity contribution is -0.142. The number of halogens is 7. The van der Waals surface area contributed by atoms with Crippen LogP contribution in [-0.2, 0) is 12.4 Å². The van der Waals surface area contributed by atoms with E-state index in [4.69, 9.17) is 0 Å². The van der Waals surface area contributed by atoms with Gasteiger partial charge in [0.15, 0.2) is 5.69 Å². The monoisotopic (exact) mass is 466 g/mol. The van der Waals surface area contributed by atoms with E-state index in [1.54, 1.807) is 30.3 Å². The molecule has 2 aromatic heterocycles. The van der Waals surface area contributed by atoms with Gasteiger partial charge in [-0.05, 0) is 22.9 Å². The Morgan fingerprint density at radius 3 is 2.03 bits per heavy atom. The van der Waals surface area contributed by atoms with Crippen LogP contribution in [0.2, 0.25) is 0 Å². The Kier molecular flexibility index (Phi) is 4.42. The van der Waals surface area contributed by atoms with E-state index >= 15 is 4.39 Å². The first-order valence-electron chi connectivity index (χ1n) is 9.11. The fourth-order valence-corrected chi connectivity index (χ4v) is 4.87. The minimum Gasteiger partial charge on any atom is -0.206 e. The molecule has 0 unspecified atom stereocenters. The molecule has 0 aliphatic heterocycles. The van der Waals surface area contributed by atoms with Gasteiger partial charge in [0.1, 0.15) is 11.5 Å². The Hall–Kier alpha value is -3.27. The molecule has 32 heavy (non-hydrogen) atoms. The smallest absolute Gasteiger partial charge is 0.206 e. The summed E-state index contributed by atoms with van der Waals surface area (Å²) in [6, 6.07) is 13.0. The summed E-state index contributed by atoms with van der Waals surface area (Å²) in [5.41, 5.74) is -3.84. The second-order valence-corrected chi connectivity index (χ2v) is 8.11. The van der Waals surface area contributed by atoms with Crippen molar-refractivity contribution in [1.82, 2.24) is 10.2 Å². The van der Waals surface area contributed by atoms with Crippen LogP contribution in [-0.4, -0.2) is 10.2 Å². The Labute approximate surface area is 178 Å². The molecule has 2 nitrogen and oxygen atoms in total. The molecule has 5 aromatic rings. The zero-order valence-corrected chi connectivity index (χ0v) is 16.5. The van der Waals surface area contributed by atoms with E-state index in [2.05, 4.69) is 10.2 Å². The maximum Gasteiger partial charge on any atom is 0.435 e. The second kappa shape index (κ2) is 6.86. The van der Waals surface area contributed by atoms with Crippen LogP contribution in [0, 0.1) is 5.82 Å². The molecule has 0 saturated heterocycles. The van der Waals surface area contributed by atoms with Crippen molar-refractivity contribution >= 4 is 43.0 Å². The quantitative estimate of drug-likeness (QED) is 0.186. The summed E-state index contributed by atoms with van der Waals surface area (Å²) in [7, 11) is 0. The molecule has 0 spiro atoms. The van der Waals surface area contributed by atoms with Crippen LogP contribution in [0.15, 0.2) is 54.6 Å². The molecular weight excluding hydrogens is 457 g/mol. The van der Waals surface area contributed by atoms with Crippen molar-refractivity contribution in [2.75, 3.05) is 0 Å². The van der Waals surface area contributed by atoms with Gasteiger partial charge in [-0.25, -0.2) is 4.39 Å². The van der Waals surface area contributed by atoms with Gasteiger partial charge in [-0.1, -0.05) is 42.5 Å². The van der Waals surface area contributed by atoms with Gasteiger partial charge in [-0.3, -0.25) is 0 Å². The molecule has 0 bridgehead atoms. The number of thiophene rings is 1. The number of nitrogens with zero attached hydrogens (tertiary/aromatic N) is 2. The number of alkyl halides is 6. The van der Waals surface area contributed by atoms with E-state index in [-0.39, 0.29) is 10.6 Å². The SMILES string of the molecule is Fc1c2ccccc2c(C(F)(F)F)c2c(C(F)(F)F)nnc(-c3cc4ccccc4s3)c12. The summed E-state index contributed by atoms with van der Waals surface area (Å²) in [6.07, 6.45) is -10.5. The van der Waals surface area contributed by atoms with Crippen molar-refractivity contribution in [3.05, 3.63) is 71.7 Å². The lowest BCUT2D eigenvalue weighted by Gasteiger charge is -2.19. The average Bonchev–Trinajstić information content (AvgIpc) is 3.15. The van der Waals surface area contributed by atoms with Crippen molar-refractivity contribution in [2.24, 2.45) is 0 Å². The van der Waals surface area contributed by atoms with E-state index in [1.165, 1.54) is 12.1 Å². The molecule has 0 atom stereocenters. The highest BCUT2D eigenvalue weighted by Crippen LogP contribution is 2.48. The van der Waals surface area contributed by atoms with Gasteiger partial charge in [0.05, 0.1) is 15.8 Å². The largest absolute Gasteiger partial charge is 0.435 e. The minimum absolute atomic E-state index is 0.208. The van der Waals surface area contributed by atoms with Crippen LogP contribution < -0.4 is 0 Å². The molecular formula is C22H9F7N2S. The normalized spacial score (nSPS) is 12.8. The molecule has 162 valence electrons. The van der Waals surface area contributed by atoms with Crippen LogP contribution >= 0.6 is 11.3 Å². The number of fused-ring (bicyclic) bond motifs is 3. The molecule has 2 heterocycles. The van der Waals surface area contributed by atoms with Crippen molar-refractivity contribution < 1.29 is 30.7 Å². The molecule has 0 radical (unpaired) electrons. The lowest BCUT2D eigenvalue weighted by atomic mass is 9.93. The number of hydrogen-bond donors (Lipinski definition) is 0. The maximum atomic E-state index is 15.6. The predicted octanol–water partition coefficient (Wildman–Crippen LogP) is 7.84. The second-order valence-electron chi connectivity index (χ2n) is 7.03. The van der Waals surface area contributed by atoms with Crippen LogP contribution in [0.3, 0.4) is 0 Å². The van der Waals surface area contributed by atoms with Crippen molar-refractivity contribution in [1.29, 1.82) is 0 Å². The fraction of sp³-hybridized carbons (Fsp3) is 0.0909.